The largest absolute Gasteiger partial charge is 0.353 e. The number of benzene rings is 1. The highest BCUT2D eigenvalue weighted by Gasteiger charge is 2.21. The standard InChI is InChI=1S/C14H19Cl2NO3S/c1-9(2)10(3)17-14(18)8-21(19,20)7-11-12(15)5-4-6-13(11)16/h4-6,9-10H,7-8H2,1-3H3,(H,17,18). The molecule has 0 bridgehead atoms. The third-order valence-electron chi connectivity index (χ3n) is 3.17. The molecule has 21 heavy (non-hydrogen) atoms. The summed E-state index contributed by atoms with van der Waals surface area (Å²) in [5.41, 5.74) is 0.325. The summed E-state index contributed by atoms with van der Waals surface area (Å²) in [6, 6.07) is 4.69. The monoisotopic (exact) mass is 351 g/mol. The number of hydrogen-bond acceptors (Lipinski definition) is 3. The minimum atomic E-state index is -3.63. The maximum atomic E-state index is 12.1. The minimum absolute atomic E-state index is 0.0865. The smallest absolute Gasteiger partial charge is 0.235 e. The summed E-state index contributed by atoms with van der Waals surface area (Å²) in [4.78, 5) is 11.8. The van der Waals surface area contributed by atoms with Crippen LogP contribution in [0.4, 0.5) is 0 Å². The van der Waals surface area contributed by atoms with Crippen LogP contribution in [0.5, 0.6) is 0 Å². The molecule has 1 atom stereocenters. The van der Waals surface area contributed by atoms with E-state index in [4.69, 9.17) is 23.2 Å². The average Bonchev–Trinajstić information content (AvgIpc) is 2.33. The summed E-state index contributed by atoms with van der Waals surface area (Å²) in [5, 5.41) is 3.23. The van der Waals surface area contributed by atoms with Crippen LogP contribution in [0.15, 0.2) is 18.2 Å². The van der Waals surface area contributed by atoms with Gasteiger partial charge in [0.25, 0.3) is 0 Å². The van der Waals surface area contributed by atoms with Gasteiger partial charge >= 0.3 is 0 Å². The van der Waals surface area contributed by atoms with E-state index < -0.39 is 21.5 Å². The lowest BCUT2D eigenvalue weighted by Crippen LogP contribution is -2.39. The summed E-state index contributed by atoms with van der Waals surface area (Å²) < 4.78 is 24.2. The first-order valence-corrected chi connectivity index (χ1v) is 9.13. The van der Waals surface area contributed by atoms with Crippen molar-refractivity contribution in [3.63, 3.8) is 0 Å². The SMILES string of the molecule is CC(C)C(C)NC(=O)CS(=O)(=O)Cc1c(Cl)cccc1Cl. The first-order chi connectivity index (χ1) is 9.62. The molecule has 0 saturated heterocycles. The maximum Gasteiger partial charge on any atom is 0.235 e. The Labute approximate surface area is 135 Å². The van der Waals surface area contributed by atoms with E-state index in [-0.39, 0.29) is 27.8 Å². The summed E-state index contributed by atoms with van der Waals surface area (Å²) >= 11 is 11.9. The van der Waals surface area contributed by atoms with Crippen molar-refractivity contribution in [3.8, 4) is 0 Å². The summed E-state index contributed by atoms with van der Waals surface area (Å²) in [7, 11) is -3.63. The van der Waals surface area contributed by atoms with Crippen LogP contribution >= 0.6 is 23.2 Å². The minimum Gasteiger partial charge on any atom is -0.353 e. The van der Waals surface area contributed by atoms with Crippen LogP contribution in [0, 0.1) is 5.92 Å². The molecule has 1 aromatic rings. The van der Waals surface area contributed by atoms with Gasteiger partial charge in [-0.15, -0.1) is 0 Å². The molecule has 1 unspecified atom stereocenters. The van der Waals surface area contributed by atoms with E-state index in [1.807, 2.05) is 20.8 Å². The van der Waals surface area contributed by atoms with Gasteiger partial charge in [0.2, 0.25) is 5.91 Å². The molecule has 0 spiro atoms. The van der Waals surface area contributed by atoms with Crippen molar-refractivity contribution in [2.24, 2.45) is 5.92 Å². The van der Waals surface area contributed by atoms with E-state index in [1.165, 1.54) is 0 Å². The van der Waals surface area contributed by atoms with Gasteiger partial charge in [0, 0.05) is 21.7 Å². The Morgan fingerprint density at radius 2 is 1.71 bits per heavy atom. The van der Waals surface area contributed by atoms with Crippen molar-refractivity contribution in [2.75, 3.05) is 5.75 Å². The molecule has 0 radical (unpaired) electrons. The zero-order valence-electron chi connectivity index (χ0n) is 12.2. The number of rotatable bonds is 6. The average molecular weight is 352 g/mol. The lowest BCUT2D eigenvalue weighted by molar-refractivity contribution is -0.119. The van der Waals surface area contributed by atoms with Gasteiger partial charge in [-0.1, -0.05) is 43.1 Å². The highest BCUT2D eigenvalue weighted by atomic mass is 35.5. The second-order valence-electron chi connectivity index (χ2n) is 5.33. The molecule has 1 amide bonds. The lowest BCUT2D eigenvalue weighted by atomic mass is 10.1. The van der Waals surface area contributed by atoms with Crippen molar-refractivity contribution < 1.29 is 13.2 Å². The van der Waals surface area contributed by atoms with Gasteiger partial charge in [-0.2, -0.15) is 0 Å². The Balaban J connectivity index is 2.77. The summed E-state index contributed by atoms with van der Waals surface area (Å²) in [6.07, 6.45) is 0. The molecule has 0 aliphatic rings. The third kappa shape index (κ3) is 5.85. The second kappa shape index (κ2) is 7.47. The zero-order valence-corrected chi connectivity index (χ0v) is 14.5. The van der Waals surface area contributed by atoms with Crippen LogP contribution in [0.25, 0.3) is 0 Å². The van der Waals surface area contributed by atoms with E-state index in [0.717, 1.165) is 0 Å². The first-order valence-electron chi connectivity index (χ1n) is 6.55. The van der Waals surface area contributed by atoms with Gasteiger partial charge in [0.1, 0.15) is 5.75 Å². The molecule has 118 valence electrons. The zero-order chi connectivity index (χ0) is 16.2. The molecule has 7 heteroatoms. The van der Waals surface area contributed by atoms with Gasteiger partial charge in [0.15, 0.2) is 9.84 Å². The highest BCUT2D eigenvalue weighted by molar-refractivity contribution is 7.91. The number of amides is 1. The Morgan fingerprint density at radius 1 is 1.19 bits per heavy atom. The number of hydrogen-bond donors (Lipinski definition) is 1. The molecule has 0 saturated carbocycles. The fraction of sp³-hybridized carbons (Fsp3) is 0.500. The van der Waals surface area contributed by atoms with E-state index in [9.17, 15) is 13.2 Å². The predicted octanol–water partition coefficient (Wildman–Crippen LogP) is 3.07. The van der Waals surface area contributed by atoms with Crippen molar-refractivity contribution >= 4 is 38.9 Å². The highest BCUT2D eigenvalue weighted by Crippen LogP contribution is 2.26. The fourth-order valence-corrected chi connectivity index (χ4v) is 3.63. The molecular formula is C14H19Cl2NO3S. The van der Waals surface area contributed by atoms with Crippen LogP contribution in [0.1, 0.15) is 26.3 Å². The Kier molecular flexibility index (Phi) is 6.50. The quantitative estimate of drug-likeness (QED) is 0.856. The molecule has 0 fully saturated rings. The normalized spacial score (nSPS) is 13.2. The van der Waals surface area contributed by atoms with Crippen molar-refractivity contribution in [1.29, 1.82) is 0 Å². The molecule has 4 nitrogen and oxygen atoms in total. The van der Waals surface area contributed by atoms with Gasteiger partial charge in [0.05, 0.1) is 5.75 Å². The maximum absolute atomic E-state index is 12.1. The predicted molar refractivity (Wildman–Crippen MR) is 86.4 cm³/mol. The molecule has 0 aromatic heterocycles. The molecule has 0 heterocycles. The number of nitrogens with one attached hydrogen (secondary N) is 1. The Bertz CT molecular complexity index is 594. The fourth-order valence-electron chi connectivity index (χ4n) is 1.60. The summed E-state index contributed by atoms with van der Waals surface area (Å²) in [5.74, 6) is -1.21. The van der Waals surface area contributed by atoms with Crippen LogP contribution in [0.2, 0.25) is 10.0 Å². The van der Waals surface area contributed by atoms with E-state index >= 15 is 0 Å². The lowest BCUT2D eigenvalue weighted by Gasteiger charge is -2.17. The van der Waals surface area contributed by atoms with E-state index in [2.05, 4.69) is 5.32 Å². The van der Waals surface area contributed by atoms with Crippen LogP contribution in [0.3, 0.4) is 0 Å². The molecule has 1 aromatic carbocycles. The van der Waals surface area contributed by atoms with E-state index in [0.29, 0.717) is 5.56 Å². The summed E-state index contributed by atoms with van der Waals surface area (Å²) in [6.45, 7) is 5.73. The Morgan fingerprint density at radius 3 is 2.19 bits per heavy atom. The molecule has 0 aliphatic heterocycles. The van der Waals surface area contributed by atoms with Crippen molar-refractivity contribution in [2.45, 2.75) is 32.6 Å². The molecular weight excluding hydrogens is 333 g/mol. The van der Waals surface area contributed by atoms with Crippen LogP contribution in [-0.2, 0) is 20.4 Å². The number of sulfone groups is 1. The van der Waals surface area contributed by atoms with Gasteiger partial charge in [-0.05, 0) is 25.0 Å². The second-order valence-corrected chi connectivity index (χ2v) is 8.21. The number of carbonyl (C=O) groups excluding carboxylic acids is 1. The van der Waals surface area contributed by atoms with E-state index in [1.54, 1.807) is 18.2 Å². The van der Waals surface area contributed by atoms with Crippen LogP contribution < -0.4 is 5.32 Å². The number of halogens is 2. The Hall–Kier alpha value is -0.780. The molecule has 1 N–H and O–H groups in total. The molecule has 1 rings (SSSR count). The first kappa shape index (κ1) is 18.3. The topological polar surface area (TPSA) is 63.2 Å². The third-order valence-corrected chi connectivity index (χ3v) is 5.30. The van der Waals surface area contributed by atoms with Crippen LogP contribution in [-0.4, -0.2) is 26.1 Å². The van der Waals surface area contributed by atoms with Gasteiger partial charge in [-0.3, -0.25) is 4.79 Å². The number of carbonyl (C=O) groups is 1. The molecule has 0 aliphatic carbocycles. The van der Waals surface area contributed by atoms with Gasteiger partial charge < -0.3 is 5.32 Å². The van der Waals surface area contributed by atoms with Gasteiger partial charge in [-0.25, -0.2) is 8.42 Å². The van der Waals surface area contributed by atoms with Crippen molar-refractivity contribution in [3.05, 3.63) is 33.8 Å². The van der Waals surface area contributed by atoms with Crippen molar-refractivity contribution in [1.82, 2.24) is 5.32 Å².